The van der Waals surface area contributed by atoms with E-state index >= 15 is 0 Å². The van der Waals surface area contributed by atoms with Crippen LogP contribution < -0.4 is 0 Å². The number of cyclic esters (lactones) is 1. The van der Waals surface area contributed by atoms with Gasteiger partial charge in [-0.25, -0.2) is 8.78 Å². The predicted octanol–water partition coefficient (Wildman–Crippen LogP) is 5.22. The Hall–Kier alpha value is -1.76. The second-order valence-corrected chi connectivity index (χ2v) is 10.9. The summed E-state index contributed by atoms with van der Waals surface area (Å²) in [5.41, 5.74) is -0.801. The minimum Gasteiger partial charge on any atom is -0.462 e. The molecule has 2 aliphatic carbocycles. The predicted molar refractivity (Wildman–Crippen MR) is 120 cm³/mol. The van der Waals surface area contributed by atoms with Crippen LogP contribution in [0, 0.1) is 29.1 Å². The van der Waals surface area contributed by atoms with Crippen LogP contribution in [0.15, 0.2) is 23.8 Å². The third-order valence-corrected chi connectivity index (χ3v) is 7.76. The smallest absolute Gasteiger partial charge is 0.317 e. The molecular formula is C26H38F2O5. The number of aliphatic hydroxyl groups excluding tert-OH is 1. The summed E-state index contributed by atoms with van der Waals surface area (Å²) in [6, 6.07) is 0. The lowest BCUT2D eigenvalue weighted by atomic mass is 9.65. The molecule has 1 aliphatic heterocycles. The zero-order chi connectivity index (χ0) is 24.6. The van der Waals surface area contributed by atoms with Crippen LogP contribution in [0.4, 0.5) is 8.78 Å². The molecule has 186 valence electrons. The van der Waals surface area contributed by atoms with E-state index < -0.39 is 29.5 Å². The van der Waals surface area contributed by atoms with Gasteiger partial charge in [0.15, 0.2) is 0 Å². The van der Waals surface area contributed by atoms with Crippen molar-refractivity contribution in [2.75, 3.05) is 0 Å². The third-order valence-electron chi connectivity index (χ3n) is 7.76. The topological polar surface area (TPSA) is 72.8 Å². The Morgan fingerprint density at radius 1 is 1.21 bits per heavy atom. The molecule has 0 aromatic rings. The van der Waals surface area contributed by atoms with E-state index in [0.29, 0.717) is 19.3 Å². The summed E-state index contributed by atoms with van der Waals surface area (Å²) in [6.07, 6.45) is 8.47. The monoisotopic (exact) mass is 468 g/mol. The second kappa shape index (κ2) is 9.85. The molecule has 3 rings (SSSR count). The first-order valence-corrected chi connectivity index (χ1v) is 12.2. The molecule has 33 heavy (non-hydrogen) atoms. The number of rotatable bonds is 7. The number of alkyl halides is 2. The minimum atomic E-state index is -3.19. The molecule has 1 fully saturated rings. The van der Waals surface area contributed by atoms with Gasteiger partial charge in [-0.3, -0.25) is 9.59 Å². The van der Waals surface area contributed by atoms with Crippen LogP contribution in [0.2, 0.25) is 0 Å². The van der Waals surface area contributed by atoms with E-state index in [9.17, 15) is 23.5 Å². The van der Waals surface area contributed by atoms with Gasteiger partial charge in [0.1, 0.15) is 17.6 Å². The quantitative estimate of drug-likeness (QED) is 0.519. The first-order chi connectivity index (χ1) is 15.3. The molecule has 7 heteroatoms. The molecule has 1 N–H and O–H groups in total. The normalized spacial score (nSPS) is 34.8. The average molecular weight is 469 g/mol. The van der Waals surface area contributed by atoms with Gasteiger partial charge in [0.2, 0.25) is 0 Å². The van der Waals surface area contributed by atoms with Crippen molar-refractivity contribution in [2.45, 2.75) is 97.4 Å². The average Bonchev–Trinajstić information content (AvgIpc) is 2.68. The van der Waals surface area contributed by atoms with Gasteiger partial charge in [0.05, 0.1) is 12.5 Å². The molecule has 0 amide bonds. The number of carbonyl (C=O) groups is 2. The van der Waals surface area contributed by atoms with E-state index in [2.05, 4.69) is 25.2 Å². The molecule has 1 heterocycles. The van der Waals surface area contributed by atoms with E-state index in [0.717, 1.165) is 25.3 Å². The van der Waals surface area contributed by atoms with E-state index in [1.54, 1.807) is 0 Å². The van der Waals surface area contributed by atoms with Crippen molar-refractivity contribution in [1.29, 1.82) is 0 Å². The summed E-state index contributed by atoms with van der Waals surface area (Å²) < 4.78 is 39.4. The molecule has 1 saturated heterocycles. The lowest BCUT2D eigenvalue weighted by Crippen LogP contribution is -2.47. The molecule has 3 aliphatic rings. The Morgan fingerprint density at radius 2 is 1.91 bits per heavy atom. The number of hydrogen-bond donors (Lipinski definition) is 1. The summed E-state index contributed by atoms with van der Waals surface area (Å²) in [7, 11) is 0. The highest BCUT2D eigenvalue weighted by Gasteiger charge is 2.51. The highest BCUT2D eigenvalue weighted by atomic mass is 19.3. The zero-order valence-corrected chi connectivity index (χ0v) is 20.4. The Labute approximate surface area is 195 Å². The molecule has 7 atom stereocenters. The number of hydrogen-bond acceptors (Lipinski definition) is 5. The molecule has 0 radical (unpaired) electrons. The molecule has 0 aromatic carbocycles. The van der Waals surface area contributed by atoms with E-state index in [1.807, 2.05) is 6.92 Å². The summed E-state index contributed by atoms with van der Waals surface area (Å²) in [6.45, 7) is 7.40. The summed E-state index contributed by atoms with van der Waals surface area (Å²) >= 11 is 0. The fraction of sp³-hybridized carbons (Fsp3) is 0.769. The third kappa shape index (κ3) is 5.84. The van der Waals surface area contributed by atoms with Gasteiger partial charge < -0.3 is 14.6 Å². The van der Waals surface area contributed by atoms with E-state index in [1.165, 1.54) is 13.8 Å². The minimum absolute atomic E-state index is 0.0501. The number of esters is 2. The van der Waals surface area contributed by atoms with Crippen LogP contribution >= 0.6 is 0 Å². The second-order valence-electron chi connectivity index (χ2n) is 10.9. The van der Waals surface area contributed by atoms with Gasteiger partial charge in [-0.05, 0) is 62.9 Å². The number of allylic oxidation sites excluding steroid dienone is 3. The fourth-order valence-electron chi connectivity index (χ4n) is 5.30. The maximum atomic E-state index is 14.1. The fourth-order valence-corrected chi connectivity index (χ4v) is 5.30. The van der Waals surface area contributed by atoms with E-state index in [4.69, 9.17) is 9.47 Å². The molecule has 0 aromatic heterocycles. The Kier molecular flexibility index (Phi) is 7.72. The van der Waals surface area contributed by atoms with Crippen molar-refractivity contribution in [3.8, 4) is 0 Å². The van der Waals surface area contributed by atoms with Gasteiger partial charge in [0.25, 0.3) is 5.92 Å². The molecule has 0 bridgehead atoms. The van der Waals surface area contributed by atoms with Gasteiger partial charge in [-0.1, -0.05) is 32.1 Å². The van der Waals surface area contributed by atoms with Crippen molar-refractivity contribution in [3.63, 3.8) is 0 Å². The van der Waals surface area contributed by atoms with Crippen LogP contribution in [0.5, 0.6) is 0 Å². The molecule has 0 spiro atoms. The molecule has 0 saturated carbocycles. The van der Waals surface area contributed by atoms with Crippen molar-refractivity contribution < 1.29 is 33.0 Å². The van der Waals surface area contributed by atoms with Crippen LogP contribution in [0.25, 0.3) is 0 Å². The number of carbonyl (C=O) groups excluding carboxylic acids is 2. The summed E-state index contributed by atoms with van der Waals surface area (Å²) in [5, 5.41) is 9.84. The molecular weight excluding hydrogens is 430 g/mol. The highest BCUT2D eigenvalue weighted by molar-refractivity contribution is 5.77. The zero-order valence-electron chi connectivity index (χ0n) is 20.4. The standard InChI is InChI=1S/C26H38F2O5/c1-15-11-17-10-9-16(2)20(8-6-7-19-13-18(29)14-22(30)32-19)23(17)21(12-15)33-24(31)25(3,4)26(5,27)28/h9-11,15-16,18-21,23,29H,6-8,12-14H2,1-5H3/t15-,16-,18+,19+,20-,21-,23-/m0/s1. The number of ether oxygens (including phenoxy) is 2. The lowest BCUT2D eigenvalue weighted by Gasteiger charge is -2.44. The van der Waals surface area contributed by atoms with Crippen molar-refractivity contribution in [2.24, 2.45) is 29.1 Å². The highest BCUT2D eigenvalue weighted by Crippen LogP contribution is 2.46. The van der Waals surface area contributed by atoms with Gasteiger partial charge in [0, 0.05) is 19.3 Å². The van der Waals surface area contributed by atoms with Gasteiger partial charge in [-0.2, -0.15) is 0 Å². The first kappa shape index (κ1) is 25.9. The van der Waals surface area contributed by atoms with Crippen molar-refractivity contribution in [3.05, 3.63) is 23.8 Å². The largest absolute Gasteiger partial charge is 0.462 e. The summed E-state index contributed by atoms with van der Waals surface area (Å²) in [5.74, 6) is -3.86. The maximum absolute atomic E-state index is 14.1. The van der Waals surface area contributed by atoms with Crippen LogP contribution in [-0.4, -0.2) is 41.3 Å². The van der Waals surface area contributed by atoms with Gasteiger partial charge >= 0.3 is 11.9 Å². The lowest BCUT2D eigenvalue weighted by molar-refractivity contribution is -0.185. The Bertz CT molecular complexity index is 797. The number of aliphatic hydroxyl groups is 1. The summed E-state index contributed by atoms with van der Waals surface area (Å²) in [4.78, 5) is 24.4. The molecule has 5 nitrogen and oxygen atoms in total. The van der Waals surface area contributed by atoms with Crippen LogP contribution in [0.3, 0.4) is 0 Å². The molecule has 0 unspecified atom stereocenters. The Morgan fingerprint density at radius 3 is 2.55 bits per heavy atom. The number of fused-ring (bicyclic) bond motifs is 1. The van der Waals surface area contributed by atoms with Crippen molar-refractivity contribution in [1.82, 2.24) is 0 Å². The maximum Gasteiger partial charge on any atom is 0.317 e. The van der Waals surface area contributed by atoms with Crippen molar-refractivity contribution >= 4 is 11.9 Å². The van der Waals surface area contributed by atoms with Gasteiger partial charge in [-0.15, -0.1) is 0 Å². The van der Waals surface area contributed by atoms with Crippen LogP contribution in [0.1, 0.15) is 73.1 Å². The van der Waals surface area contributed by atoms with Crippen LogP contribution in [-0.2, 0) is 19.1 Å². The first-order valence-electron chi connectivity index (χ1n) is 12.2. The van der Waals surface area contributed by atoms with E-state index in [-0.39, 0.29) is 42.2 Å². The SMILES string of the molecule is C[C@H]1C=C2C=C[C@H](C)[C@H](CCC[C@@H]3C[C@@H](O)CC(=O)O3)[C@H]2[C@@H](OC(=O)C(C)(C)C(C)(F)F)C1. The Balaban J connectivity index is 1.72. The number of halogens is 2.